The fourth-order valence-electron chi connectivity index (χ4n) is 4.22. The van der Waals surface area contributed by atoms with Gasteiger partial charge in [0.15, 0.2) is 0 Å². The monoisotopic (exact) mass is 424 g/mol. The predicted octanol–water partition coefficient (Wildman–Crippen LogP) is 2.95. The quantitative estimate of drug-likeness (QED) is 0.474. The van der Waals surface area contributed by atoms with Crippen molar-refractivity contribution in [3.63, 3.8) is 0 Å². The van der Waals surface area contributed by atoms with Gasteiger partial charge in [0.05, 0.1) is 23.2 Å². The number of anilines is 1. The van der Waals surface area contributed by atoms with Crippen LogP contribution in [0.1, 0.15) is 36.2 Å². The molecule has 3 heterocycles. The summed E-state index contributed by atoms with van der Waals surface area (Å²) in [6, 6.07) is 5.07. The lowest BCUT2D eigenvalue weighted by atomic mass is 10.1. The van der Waals surface area contributed by atoms with Gasteiger partial charge in [-0.3, -0.25) is 4.79 Å². The first-order chi connectivity index (χ1) is 15.0. The van der Waals surface area contributed by atoms with Crippen LogP contribution in [-0.4, -0.2) is 60.3 Å². The number of halogens is 1. The summed E-state index contributed by atoms with van der Waals surface area (Å²) >= 11 is 0. The van der Waals surface area contributed by atoms with Crippen molar-refractivity contribution in [2.45, 2.75) is 25.8 Å². The van der Waals surface area contributed by atoms with Gasteiger partial charge in [0.2, 0.25) is 5.43 Å². The predicted molar refractivity (Wildman–Crippen MR) is 117 cm³/mol. The van der Waals surface area contributed by atoms with Gasteiger partial charge in [-0.15, -0.1) is 0 Å². The fourth-order valence-corrected chi connectivity index (χ4v) is 4.22. The first-order valence-corrected chi connectivity index (χ1v) is 10.8. The first-order valence-electron chi connectivity index (χ1n) is 10.8. The van der Waals surface area contributed by atoms with Gasteiger partial charge in [-0.1, -0.05) is 0 Å². The lowest BCUT2D eigenvalue weighted by Gasteiger charge is -2.34. The second-order valence-corrected chi connectivity index (χ2v) is 8.38. The lowest BCUT2D eigenvalue weighted by molar-refractivity contribution is 0.0524. The Kier molecular flexibility index (Phi) is 4.89. The average molecular weight is 424 g/mol. The second kappa shape index (κ2) is 7.60. The third-order valence-corrected chi connectivity index (χ3v) is 6.14. The van der Waals surface area contributed by atoms with Gasteiger partial charge in [0.25, 0.3) is 0 Å². The normalized spacial score (nSPS) is 17.5. The van der Waals surface area contributed by atoms with Crippen LogP contribution in [0.25, 0.3) is 21.9 Å². The van der Waals surface area contributed by atoms with Gasteiger partial charge in [-0.25, -0.2) is 14.2 Å². The Bertz CT molecular complexity index is 1240. The summed E-state index contributed by atoms with van der Waals surface area (Å²) in [4.78, 5) is 34.4. The summed E-state index contributed by atoms with van der Waals surface area (Å²) in [5, 5.41) is 0.861. The maximum absolute atomic E-state index is 15.0. The molecule has 31 heavy (non-hydrogen) atoms. The third kappa shape index (κ3) is 3.54. The van der Waals surface area contributed by atoms with Gasteiger partial charge in [-0.2, -0.15) is 0 Å². The average Bonchev–Trinajstić information content (AvgIpc) is 3.59. The number of carbonyl (C=O) groups excluding carboxylic acids is 1. The van der Waals surface area contributed by atoms with Crippen LogP contribution < -0.4 is 10.3 Å². The van der Waals surface area contributed by atoms with Crippen molar-refractivity contribution in [2.75, 3.05) is 44.7 Å². The van der Waals surface area contributed by atoms with Crippen molar-refractivity contribution >= 4 is 33.6 Å². The van der Waals surface area contributed by atoms with E-state index in [2.05, 4.69) is 11.9 Å². The van der Waals surface area contributed by atoms with Crippen LogP contribution in [0.5, 0.6) is 0 Å². The highest BCUT2D eigenvalue weighted by Crippen LogP contribution is 2.37. The highest BCUT2D eigenvalue weighted by Gasteiger charge is 2.28. The van der Waals surface area contributed by atoms with Crippen LogP contribution in [0, 0.1) is 5.82 Å². The number of hydrogen-bond acceptors (Lipinski definition) is 6. The molecule has 1 aliphatic heterocycles. The SMILES string of the molecule is CCOC(=O)c1cn(C2CC2)c2nc3cc(N4CCN(C)CC4)c(F)cc3cc2c1=O. The number of benzene rings is 1. The first kappa shape index (κ1) is 19.9. The van der Waals surface area contributed by atoms with E-state index in [1.165, 1.54) is 6.07 Å². The van der Waals surface area contributed by atoms with Gasteiger partial charge >= 0.3 is 5.97 Å². The third-order valence-electron chi connectivity index (χ3n) is 6.14. The summed E-state index contributed by atoms with van der Waals surface area (Å²) < 4.78 is 22.0. The van der Waals surface area contributed by atoms with Gasteiger partial charge in [-0.05, 0) is 45.0 Å². The Morgan fingerprint density at radius 1 is 1.19 bits per heavy atom. The summed E-state index contributed by atoms with van der Waals surface area (Å²) in [5.41, 5.74) is 1.28. The van der Waals surface area contributed by atoms with E-state index in [1.54, 1.807) is 25.3 Å². The topological polar surface area (TPSA) is 67.7 Å². The van der Waals surface area contributed by atoms with Crippen LogP contribution in [0.2, 0.25) is 0 Å². The zero-order valence-corrected chi connectivity index (χ0v) is 17.7. The molecule has 2 fully saturated rings. The number of ether oxygens (including phenoxy) is 1. The molecule has 5 rings (SSSR count). The van der Waals surface area contributed by atoms with E-state index >= 15 is 0 Å². The van der Waals surface area contributed by atoms with Crippen molar-refractivity contribution in [1.29, 1.82) is 0 Å². The molecule has 1 aliphatic carbocycles. The van der Waals surface area contributed by atoms with Crippen molar-refractivity contribution in [3.8, 4) is 0 Å². The summed E-state index contributed by atoms with van der Waals surface area (Å²) in [6.45, 7) is 5.15. The summed E-state index contributed by atoms with van der Waals surface area (Å²) in [6.07, 6.45) is 3.51. The minimum Gasteiger partial charge on any atom is -0.462 e. The number of likely N-dealkylation sites (N-methyl/N-ethyl adjacent to an activating group) is 1. The number of fused-ring (bicyclic) bond motifs is 2. The number of rotatable bonds is 4. The molecular formula is C23H25FN4O3. The molecule has 8 heteroatoms. The standard InChI is InChI=1S/C23H25FN4O3/c1-3-31-23(30)17-13-28(15-4-5-15)22-16(21(17)29)10-14-11-18(24)20(12-19(14)25-22)27-8-6-26(2)7-9-27/h10-13,15H,3-9H2,1-2H3. The minimum absolute atomic E-state index is 0.00284. The van der Waals surface area contributed by atoms with Crippen LogP contribution in [0.15, 0.2) is 29.2 Å². The van der Waals surface area contributed by atoms with Gasteiger partial charge in [0.1, 0.15) is 17.0 Å². The fraction of sp³-hybridized carbons (Fsp3) is 0.435. The summed E-state index contributed by atoms with van der Waals surface area (Å²) in [5.74, 6) is -0.970. The molecule has 0 unspecified atom stereocenters. The maximum Gasteiger partial charge on any atom is 0.343 e. The zero-order chi connectivity index (χ0) is 21.7. The van der Waals surface area contributed by atoms with E-state index in [-0.39, 0.29) is 24.0 Å². The number of nitrogens with zero attached hydrogens (tertiary/aromatic N) is 4. The van der Waals surface area contributed by atoms with E-state index < -0.39 is 11.4 Å². The zero-order valence-electron chi connectivity index (χ0n) is 17.7. The van der Waals surface area contributed by atoms with Crippen molar-refractivity contribution in [3.05, 3.63) is 46.0 Å². The van der Waals surface area contributed by atoms with E-state index in [4.69, 9.17) is 9.72 Å². The lowest BCUT2D eigenvalue weighted by Crippen LogP contribution is -2.44. The molecule has 1 saturated carbocycles. The Morgan fingerprint density at radius 3 is 2.61 bits per heavy atom. The summed E-state index contributed by atoms with van der Waals surface area (Å²) in [7, 11) is 2.06. The van der Waals surface area contributed by atoms with E-state index in [0.29, 0.717) is 27.6 Å². The van der Waals surface area contributed by atoms with Crippen LogP contribution in [0.4, 0.5) is 10.1 Å². The van der Waals surface area contributed by atoms with Crippen LogP contribution in [0.3, 0.4) is 0 Å². The Labute approximate surface area is 179 Å². The molecule has 0 N–H and O–H groups in total. The Balaban J connectivity index is 1.68. The van der Waals surface area contributed by atoms with Gasteiger partial charge in [0, 0.05) is 43.8 Å². The van der Waals surface area contributed by atoms with Crippen LogP contribution >= 0.6 is 0 Å². The highest BCUT2D eigenvalue weighted by molar-refractivity contribution is 5.97. The smallest absolute Gasteiger partial charge is 0.343 e. The van der Waals surface area contributed by atoms with Crippen molar-refractivity contribution in [1.82, 2.24) is 14.5 Å². The largest absolute Gasteiger partial charge is 0.462 e. The molecule has 3 aromatic rings. The molecule has 0 amide bonds. The second-order valence-electron chi connectivity index (χ2n) is 8.38. The van der Waals surface area contributed by atoms with Crippen molar-refractivity contribution in [2.24, 2.45) is 0 Å². The molecule has 7 nitrogen and oxygen atoms in total. The van der Waals surface area contributed by atoms with Crippen LogP contribution in [-0.2, 0) is 4.74 Å². The molecule has 0 atom stereocenters. The van der Waals surface area contributed by atoms with E-state index in [0.717, 1.165) is 39.0 Å². The molecule has 1 aromatic carbocycles. The number of pyridine rings is 2. The number of hydrogen-bond donors (Lipinski definition) is 0. The number of esters is 1. The molecule has 1 saturated heterocycles. The number of carbonyl (C=O) groups is 1. The number of piperazine rings is 1. The van der Waals surface area contributed by atoms with E-state index in [9.17, 15) is 14.0 Å². The molecule has 162 valence electrons. The number of aromatic nitrogens is 2. The molecular weight excluding hydrogens is 399 g/mol. The van der Waals surface area contributed by atoms with Gasteiger partial charge < -0.3 is 19.1 Å². The molecule has 2 aliphatic rings. The highest BCUT2D eigenvalue weighted by atomic mass is 19.1. The molecule has 0 radical (unpaired) electrons. The Morgan fingerprint density at radius 2 is 1.94 bits per heavy atom. The minimum atomic E-state index is -0.638. The van der Waals surface area contributed by atoms with Crippen molar-refractivity contribution < 1.29 is 13.9 Å². The maximum atomic E-state index is 15.0. The molecule has 2 aromatic heterocycles. The molecule has 0 bridgehead atoms. The molecule has 0 spiro atoms. The Hall–Kier alpha value is -3.00. The van der Waals surface area contributed by atoms with E-state index in [1.807, 2.05) is 9.47 Å².